The van der Waals surface area contributed by atoms with Gasteiger partial charge in [-0.25, -0.2) is 13.1 Å². The van der Waals surface area contributed by atoms with E-state index in [1.54, 1.807) is 4.90 Å². The van der Waals surface area contributed by atoms with Gasteiger partial charge in [0.2, 0.25) is 10.0 Å². The van der Waals surface area contributed by atoms with Crippen molar-refractivity contribution in [2.75, 3.05) is 19.3 Å². The SMILES string of the molecule is CS(=O)(=O)NCC1CCCCN1C(=O)c1cc2ccc(Br)cc2[nH]1. The molecule has 2 heterocycles. The number of hydrogen-bond donors (Lipinski definition) is 2. The quantitative estimate of drug-likeness (QED) is 0.807. The van der Waals surface area contributed by atoms with E-state index in [-0.39, 0.29) is 18.5 Å². The van der Waals surface area contributed by atoms with Gasteiger partial charge in [0, 0.05) is 34.5 Å². The summed E-state index contributed by atoms with van der Waals surface area (Å²) >= 11 is 3.42. The number of fused-ring (bicyclic) bond motifs is 1. The number of rotatable bonds is 4. The molecule has 1 amide bonds. The molecule has 2 aromatic rings. The molecule has 1 aliphatic heterocycles. The molecule has 0 bridgehead atoms. The zero-order chi connectivity index (χ0) is 17.3. The number of nitrogens with one attached hydrogen (secondary N) is 2. The number of aromatic amines is 1. The molecule has 6 nitrogen and oxygen atoms in total. The molecule has 130 valence electrons. The topological polar surface area (TPSA) is 82.3 Å². The van der Waals surface area contributed by atoms with Crippen molar-refractivity contribution >= 4 is 42.8 Å². The van der Waals surface area contributed by atoms with Crippen LogP contribution in [0.15, 0.2) is 28.7 Å². The van der Waals surface area contributed by atoms with Crippen LogP contribution >= 0.6 is 15.9 Å². The number of nitrogens with zero attached hydrogens (tertiary/aromatic N) is 1. The van der Waals surface area contributed by atoms with E-state index in [0.29, 0.717) is 12.2 Å². The third kappa shape index (κ3) is 3.99. The van der Waals surface area contributed by atoms with Crippen LogP contribution in [-0.2, 0) is 10.0 Å². The van der Waals surface area contributed by atoms with E-state index in [1.807, 2.05) is 24.3 Å². The van der Waals surface area contributed by atoms with Crippen molar-refractivity contribution in [3.8, 4) is 0 Å². The van der Waals surface area contributed by atoms with Crippen molar-refractivity contribution < 1.29 is 13.2 Å². The molecule has 1 unspecified atom stereocenters. The summed E-state index contributed by atoms with van der Waals surface area (Å²) in [5, 5.41) is 0.976. The van der Waals surface area contributed by atoms with E-state index in [4.69, 9.17) is 0 Å². The molecule has 1 saturated heterocycles. The fourth-order valence-electron chi connectivity index (χ4n) is 3.10. The molecule has 24 heavy (non-hydrogen) atoms. The molecule has 1 aromatic heterocycles. The Labute approximate surface area is 149 Å². The van der Waals surface area contributed by atoms with Crippen molar-refractivity contribution in [2.24, 2.45) is 0 Å². The highest BCUT2D eigenvalue weighted by molar-refractivity contribution is 9.10. The first-order valence-corrected chi connectivity index (χ1v) is 10.6. The maximum absolute atomic E-state index is 12.9. The van der Waals surface area contributed by atoms with E-state index >= 15 is 0 Å². The number of sulfonamides is 1. The number of carbonyl (C=O) groups is 1. The normalized spacial score (nSPS) is 18.9. The largest absolute Gasteiger partial charge is 0.350 e. The minimum atomic E-state index is -3.26. The lowest BCUT2D eigenvalue weighted by Crippen LogP contribution is -2.49. The molecule has 0 spiro atoms. The standard InChI is InChI=1S/C16H20BrN3O3S/c1-24(22,23)18-10-13-4-2-3-7-20(13)16(21)15-8-11-5-6-12(17)9-14(11)19-15/h5-6,8-9,13,18-19H,2-4,7,10H2,1H3. The third-order valence-corrected chi connectivity index (χ3v) is 5.47. The van der Waals surface area contributed by atoms with Crippen LogP contribution < -0.4 is 4.72 Å². The van der Waals surface area contributed by atoms with Gasteiger partial charge in [0.1, 0.15) is 5.69 Å². The van der Waals surface area contributed by atoms with Crippen LogP contribution in [0, 0.1) is 0 Å². The smallest absolute Gasteiger partial charge is 0.270 e. The lowest BCUT2D eigenvalue weighted by Gasteiger charge is -2.35. The van der Waals surface area contributed by atoms with Crippen LogP contribution in [0.1, 0.15) is 29.8 Å². The molecule has 1 atom stereocenters. The number of piperidine rings is 1. The summed E-state index contributed by atoms with van der Waals surface area (Å²) in [7, 11) is -3.26. The van der Waals surface area contributed by atoms with E-state index < -0.39 is 10.0 Å². The van der Waals surface area contributed by atoms with Crippen molar-refractivity contribution in [3.05, 3.63) is 34.4 Å². The van der Waals surface area contributed by atoms with Gasteiger partial charge in [-0.15, -0.1) is 0 Å². The van der Waals surface area contributed by atoms with Gasteiger partial charge in [-0.2, -0.15) is 0 Å². The van der Waals surface area contributed by atoms with Crippen LogP contribution in [0.25, 0.3) is 10.9 Å². The Bertz CT molecular complexity index is 863. The van der Waals surface area contributed by atoms with Crippen LogP contribution in [-0.4, -0.2) is 49.6 Å². The number of halogens is 1. The molecular formula is C16H20BrN3O3S. The second-order valence-electron chi connectivity index (χ2n) is 6.18. The van der Waals surface area contributed by atoms with Crippen molar-refractivity contribution in [3.63, 3.8) is 0 Å². The molecule has 0 saturated carbocycles. The monoisotopic (exact) mass is 413 g/mol. The van der Waals surface area contributed by atoms with E-state index in [1.165, 1.54) is 0 Å². The van der Waals surface area contributed by atoms with Gasteiger partial charge in [-0.1, -0.05) is 22.0 Å². The Morgan fingerprint density at radius 1 is 1.38 bits per heavy atom. The molecule has 1 fully saturated rings. The second-order valence-corrected chi connectivity index (χ2v) is 8.93. The predicted molar refractivity (Wildman–Crippen MR) is 97.5 cm³/mol. The molecule has 2 N–H and O–H groups in total. The van der Waals surface area contributed by atoms with Crippen molar-refractivity contribution in [2.45, 2.75) is 25.3 Å². The van der Waals surface area contributed by atoms with Gasteiger partial charge in [0.15, 0.2) is 0 Å². The first-order chi connectivity index (χ1) is 11.3. The van der Waals surface area contributed by atoms with Gasteiger partial charge in [0.25, 0.3) is 5.91 Å². The first-order valence-electron chi connectivity index (χ1n) is 7.87. The minimum absolute atomic E-state index is 0.0812. The molecule has 0 aliphatic carbocycles. The first kappa shape index (κ1) is 17.4. The molecule has 1 aromatic carbocycles. The van der Waals surface area contributed by atoms with Crippen molar-refractivity contribution in [1.29, 1.82) is 0 Å². The fraction of sp³-hybridized carbons (Fsp3) is 0.438. The van der Waals surface area contributed by atoms with Crippen molar-refractivity contribution in [1.82, 2.24) is 14.6 Å². The maximum atomic E-state index is 12.9. The van der Waals surface area contributed by atoms with Crippen LogP contribution in [0.2, 0.25) is 0 Å². The Balaban J connectivity index is 1.82. The average Bonchev–Trinajstić information content (AvgIpc) is 2.95. The highest BCUT2D eigenvalue weighted by Crippen LogP contribution is 2.23. The summed E-state index contributed by atoms with van der Waals surface area (Å²) in [6.45, 7) is 0.907. The van der Waals surface area contributed by atoms with Crippen LogP contribution in [0.4, 0.5) is 0 Å². The molecule has 3 rings (SSSR count). The highest BCUT2D eigenvalue weighted by atomic mass is 79.9. The summed E-state index contributed by atoms with van der Waals surface area (Å²) in [4.78, 5) is 17.8. The second kappa shape index (κ2) is 6.85. The average molecular weight is 414 g/mol. The van der Waals surface area contributed by atoms with Crippen LogP contribution in [0.3, 0.4) is 0 Å². The molecular weight excluding hydrogens is 394 g/mol. The van der Waals surface area contributed by atoms with Gasteiger partial charge in [0.05, 0.1) is 6.26 Å². The zero-order valence-electron chi connectivity index (χ0n) is 13.4. The number of likely N-dealkylation sites (tertiary alicyclic amines) is 1. The maximum Gasteiger partial charge on any atom is 0.270 e. The summed E-state index contributed by atoms with van der Waals surface area (Å²) in [5.41, 5.74) is 1.44. The Morgan fingerprint density at radius 3 is 2.92 bits per heavy atom. The minimum Gasteiger partial charge on any atom is -0.350 e. The Kier molecular flexibility index (Phi) is 4.98. The number of benzene rings is 1. The highest BCUT2D eigenvalue weighted by Gasteiger charge is 2.28. The summed E-state index contributed by atoms with van der Waals surface area (Å²) in [6.07, 6.45) is 3.88. The van der Waals surface area contributed by atoms with E-state index in [2.05, 4.69) is 25.6 Å². The van der Waals surface area contributed by atoms with Gasteiger partial charge in [-0.3, -0.25) is 4.79 Å². The van der Waals surface area contributed by atoms with Gasteiger partial charge in [-0.05, 0) is 37.5 Å². The lowest BCUT2D eigenvalue weighted by atomic mass is 10.0. The van der Waals surface area contributed by atoms with Crippen LogP contribution in [0.5, 0.6) is 0 Å². The Hall–Kier alpha value is -1.38. The van der Waals surface area contributed by atoms with Gasteiger partial charge >= 0.3 is 0 Å². The zero-order valence-corrected chi connectivity index (χ0v) is 15.8. The Morgan fingerprint density at radius 2 is 2.17 bits per heavy atom. The third-order valence-electron chi connectivity index (χ3n) is 4.28. The van der Waals surface area contributed by atoms with Gasteiger partial charge < -0.3 is 9.88 Å². The number of hydrogen-bond acceptors (Lipinski definition) is 3. The number of aromatic nitrogens is 1. The lowest BCUT2D eigenvalue weighted by molar-refractivity contribution is 0.0613. The molecule has 8 heteroatoms. The summed E-state index contributed by atoms with van der Waals surface area (Å²) < 4.78 is 26.2. The molecule has 1 aliphatic rings. The van der Waals surface area contributed by atoms with E-state index in [0.717, 1.165) is 40.9 Å². The summed E-state index contributed by atoms with van der Waals surface area (Å²) in [6, 6.07) is 7.56. The summed E-state index contributed by atoms with van der Waals surface area (Å²) in [5.74, 6) is -0.0812. The number of carbonyl (C=O) groups excluding carboxylic acids is 1. The fourth-order valence-corrected chi connectivity index (χ4v) is 3.95. The number of H-pyrrole nitrogens is 1. The predicted octanol–water partition coefficient (Wildman–Crippen LogP) is 2.47. The van der Waals surface area contributed by atoms with E-state index in [9.17, 15) is 13.2 Å². The molecule has 0 radical (unpaired) electrons. The number of amides is 1.